The Balaban J connectivity index is 1.06. The summed E-state index contributed by atoms with van der Waals surface area (Å²) in [6.07, 6.45) is 19.6. The second kappa shape index (κ2) is 16.8. The molecule has 4 bridgehead atoms. The zero-order valence-electron chi connectivity index (χ0n) is 33.7. The Labute approximate surface area is 332 Å². The number of hydrogen-bond acceptors (Lipinski definition) is 6. The Morgan fingerprint density at radius 2 is 1.60 bits per heavy atom. The van der Waals surface area contributed by atoms with Crippen LogP contribution in [0.4, 0.5) is 5.69 Å². The smallest absolute Gasteiger partial charge is 0.265 e. The third-order valence-corrected chi connectivity index (χ3v) is 13.0. The zero-order chi connectivity index (χ0) is 38.7. The van der Waals surface area contributed by atoms with E-state index in [0.717, 1.165) is 53.8 Å². The van der Waals surface area contributed by atoms with Gasteiger partial charge >= 0.3 is 0 Å². The maximum absolute atomic E-state index is 14.1. The van der Waals surface area contributed by atoms with Gasteiger partial charge in [-0.05, 0) is 111 Å². The Morgan fingerprint density at radius 1 is 0.964 bits per heavy atom. The highest BCUT2D eigenvalue weighted by atomic mass is 35.5. The molecule has 0 radical (unpaired) electrons. The van der Waals surface area contributed by atoms with E-state index in [0.29, 0.717) is 40.1 Å². The molecule has 1 amide bonds. The van der Waals surface area contributed by atoms with Crippen LogP contribution in [0, 0.1) is 17.8 Å². The van der Waals surface area contributed by atoms with Gasteiger partial charge in [0.2, 0.25) is 0 Å². The quantitative estimate of drug-likeness (QED) is 0.0868. The number of phenolic OH excluding ortho intramolecular Hbond substituents is 1. The number of hydrogen-bond donors (Lipinski definition) is 3. The van der Waals surface area contributed by atoms with Gasteiger partial charge in [-0.15, -0.1) is 5.10 Å². The molecule has 0 saturated heterocycles. The lowest BCUT2D eigenvalue weighted by Gasteiger charge is -2.56. The summed E-state index contributed by atoms with van der Waals surface area (Å²) in [4.78, 5) is 19.0. The summed E-state index contributed by atoms with van der Waals surface area (Å²) in [5.41, 5.74) is 3.58. The molecule has 0 spiro atoms. The largest absolute Gasteiger partial charge is 0.508 e. The third kappa shape index (κ3) is 8.82. The number of ether oxygens (including phenoxy) is 2. The molecule has 1 unspecified atom stereocenters. The van der Waals surface area contributed by atoms with Crippen LogP contribution in [-0.4, -0.2) is 44.0 Å². The fourth-order valence-corrected chi connectivity index (χ4v) is 10.6. The number of unbranched alkanes of at least 4 members (excludes halogenated alkanes) is 9. The minimum absolute atomic E-state index is 0.104. The number of aromatic hydroxyl groups is 1. The number of methoxy groups -OCH3 is 1. The second-order valence-corrected chi connectivity index (χ2v) is 18.5. The highest BCUT2D eigenvalue weighted by Gasteiger charge is 2.53. The Hall–Kier alpha value is -3.72. The van der Waals surface area contributed by atoms with Gasteiger partial charge in [0.05, 0.1) is 18.5 Å². The molecule has 55 heavy (non-hydrogen) atoms. The van der Waals surface area contributed by atoms with Crippen LogP contribution >= 0.6 is 11.6 Å². The molecule has 0 aliphatic heterocycles. The average Bonchev–Trinajstić information content (AvgIpc) is 3.71. The van der Waals surface area contributed by atoms with E-state index in [2.05, 4.69) is 17.3 Å². The summed E-state index contributed by atoms with van der Waals surface area (Å²) in [5, 5.41) is 22.8. The molecule has 10 heteroatoms. The summed E-state index contributed by atoms with van der Waals surface area (Å²) in [5.74, 6) is 3.96. The molecule has 3 N–H and O–H groups in total. The van der Waals surface area contributed by atoms with Crippen molar-refractivity contribution in [3.63, 3.8) is 0 Å². The number of nitrogens with one attached hydrogen (secondary N) is 2. The number of fused-ring (bicyclic) bond motifs is 1. The van der Waals surface area contributed by atoms with Gasteiger partial charge in [-0.25, -0.2) is 4.98 Å². The van der Waals surface area contributed by atoms with Crippen molar-refractivity contribution in [1.82, 2.24) is 19.8 Å². The number of carbonyl (C=O) groups excluding carboxylic acids is 1. The number of aromatic nitrogens is 4. The highest BCUT2D eigenvalue weighted by molar-refractivity contribution is 6.34. The van der Waals surface area contributed by atoms with E-state index in [9.17, 15) is 9.90 Å². The van der Waals surface area contributed by atoms with Crippen LogP contribution < -0.4 is 14.8 Å². The normalized spacial score (nSPS) is 22.3. The molecule has 4 aliphatic carbocycles. The van der Waals surface area contributed by atoms with Crippen LogP contribution in [0.15, 0.2) is 36.4 Å². The van der Waals surface area contributed by atoms with Crippen molar-refractivity contribution in [2.45, 2.75) is 154 Å². The van der Waals surface area contributed by atoms with Crippen LogP contribution in [0.2, 0.25) is 5.02 Å². The highest BCUT2D eigenvalue weighted by Crippen LogP contribution is 2.61. The van der Waals surface area contributed by atoms with Gasteiger partial charge in [0.15, 0.2) is 17.6 Å². The SMILES string of the molecule is CCCCCCCCCCCCC(Oc1ccc(O)c(C(C)(C)C)c1)C(=O)Nc1cc(-c2nc3c(Cl)c(C45CC6CC(CC(C6)C4)C5)[nH]n3n2)ccc1OC. The van der Waals surface area contributed by atoms with Crippen molar-refractivity contribution in [2.75, 3.05) is 12.4 Å². The fourth-order valence-electron chi connectivity index (χ4n) is 10.3. The fraction of sp³-hybridized carbons (Fsp3) is 0.622. The lowest BCUT2D eigenvalue weighted by Crippen LogP contribution is -2.48. The summed E-state index contributed by atoms with van der Waals surface area (Å²) < 4.78 is 13.9. The molecular weight excluding hydrogens is 710 g/mol. The van der Waals surface area contributed by atoms with Crippen LogP contribution in [0.3, 0.4) is 0 Å². The van der Waals surface area contributed by atoms with Crippen LogP contribution in [0.25, 0.3) is 17.0 Å². The van der Waals surface area contributed by atoms with Crippen molar-refractivity contribution in [3.8, 4) is 28.6 Å². The van der Waals surface area contributed by atoms with Gasteiger partial charge in [-0.3, -0.25) is 9.89 Å². The summed E-state index contributed by atoms with van der Waals surface area (Å²) in [6, 6.07) is 10.8. The first-order valence-electron chi connectivity index (χ1n) is 21.1. The van der Waals surface area contributed by atoms with Gasteiger partial charge in [-0.2, -0.15) is 4.63 Å². The third-order valence-electron chi connectivity index (χ3n) is 12.7. The number of halogens is 1. The molecule has 2 aromatic heterocycles. The molecule has 4 fully saturated rings. The minimum Gasteiger partial charge on any atom is -0.508 e. The molecule has 4 aliphatic rings. The first kappa shape index (κ1) is 39.5. The molecule has 9 nitrogen and oxygen atoms in total. The summed E-state index contributed by atoms with van der Waals surface area (Å²) >= 11 is 7.13. The maximum atomic E-state index is 14.1. The number of H-pyrrole nitrogens is 1. The van der Waals surface area contributed by atoms with Crippen molar-refractivity contribution in [2.24, 2.45) is 17.8 Å². The van der Waals surface area contributed by atoms with Gasteiger partial charge in [0.25, 0.3) is 5.91 Å². The predicted molar refractivity (Wildman–Crippen MR) is 220 cm³/mol. The molecular formula is C45H62ClN5O4. The number of benzene rings is 2. The van der Waals surface area contributed by atoms with Gasteiger partial charge in [0, 0.05) is 16.5 Å². The monoisotopic (exact) mass is 771 g/mol. The van der Waals surface area contributed by atoms with Gasteiger partial charge < -0.3 is 19.9 Å². The molecule has 4 aromatic rings. The Bertz CT molecular complexity index is 1910. The molecule has 2 heterocycles. The van der Waals surface area contributed by atoms with E-state index >= 15 is 0 Å². The van der Waals surface area contributed by atoms with E-state index in [4.69, 9.17) is 31.2 Å². The number of phenols is 1. The number of amides is 1. The summed E-state index contributed by atoms with van der Waals surface area (Å²) in [6.45, 7) is 8.39. The molecule has 8 rings (SSSR count). The van der Waals surface area contributed by atoms with Crippen molar-refractivity contribution >= 4 is 28.8 Å². The van der Waals surface area contributed by atoms with Gasteiger partial charge in [0.1, 0.15) is 22.3 Å². The second-order valence-electron chi connectivity index (χ2n) is 18.1. The van der Waals surface area contributed by atoms with E-state index in [1.807, 2.05) is 45.0 Å². The van der Waals surface area contributed by atoms with Crippen LogP contribution in [0.1, 0.15) is 148 Å². The first-order chi connectivity index (χ1) is 26.5. The number of rotatable bonds is 18. The van der Waals surface area contributed by atoms with Crippen molar-refractivity contribution < 1.29 is 19.4 Å². The number of nitrogens with zero attached hydrogens (tertiary/aromatic N) is 3. The summed E-state index contributed by atoms with van der Waals surface area (Å²) in [7, 11) is 1.59. The minimum atomic E-state index is -0.745. The van der Waals surface area contributed by atoms with E-state index in [-0.39, 0.29) is 22.5 Å². The van der Waals surface area contributed by atoms with E-state index in [1.165, 1.54) is 83.5 Å². The standard InChI is InChI=1S/C45H62ClN5O4/c1-6-7-8-9-10-11-12-13-14-15-16-38(55-33-18-19-36(52)34(25-33)44(2,3)4)43(53)47-35-24-32(17-20-37(35)54-5)41-48-42-39(46)40(49-51(42)50-41)45-26-29-21-30(27-45)23-31(22-29)28-45/h17-20,24-25,29-31,38,49,52H,6-16,21-23,26-28H2,1-5H3,(H,47,53). The molecule has 1 atom stereocenters. The average molecular weight is 772 g/mol. The van der Waals surface area contributed by atoms with Crippen molar-refractivity contribution in [1.29, 1.82) is 0 Å². The lowest BCUT2D eigenvalue weighted by atomic mass is 9.49. The number of carbonyl (C=O) groups is 1. The van der Waals surface area contributed by atoms with E-state index < -0.39 is 6.10 Å². The maximum Gasteiger partial charge on any atom is 0.265 e. The Kier molecular flexibility index (Phi) is 12.1. The van der Waals surface area contributed by atoms with E-state index in [1.54, 1.807) is 23.9 Å². The molecule has 2 aromatic carbocycles. The molecule has 4 saturated carbocycles. The zero-order valence-corrected chi connectivity index (χ0v) is 34.4. The molecule has 298 valence electrons. The van der Waals surface area contributed by atoms with Crippen molar-refractivity contribution in [3.05, 3.63) is 52.7 Å². The Morgan fingerprint density at radius 3 is 2.20 bits per heavy atom. The van der Waals surface area contributed by atoms with Gasteiger partial charge in [-0.1, -0.05) is 97.1 Å². The lowest BCUT2D eigenvalue weighted by molar-refractivity contribution is -0.123. The van der Waals surface area contributed by atoms with Crippen LogP contribution in [0.5, 0.6) is 17.2 Å². The number of anilines is 1. The first-order valence-corrected chi connectivity index (χ1v) is 21.5. The topological polar surface area (TPSA) is 114 Å². The predicted octanol–water partition coefficient (Wildman–Crippen LogP) is 11.6. The number of aromatic amines is 1. The van der Waals surface area contributed by atoms with Crippen LogP contribution in [-0.2, 0) is 15.6 Å².